The summed E-state index contributed by atoms with van der Waals surface area (Å²) >= 11 is 0. The van der Waals surface area contributed by atoms with Crippen molar-refractivity contribution in [2.24, 2.45) is 9.98 Å². The summed E-state index contributed by atoms with van der Waals surface area (Å²) in [5.74, 6) is -0.161. The largest absolute Gasteiger partial charge is 0.311 e. The van der Waals surface area contributed by atoms with Gasteiger partial charge < -0.3 is 5.32 Å². The van der Waals surface area contributed by atoms with Crippen LogP contribution < -0.4 is 5.32 Å². The Morgan fingerprint density at radius 1 is 1.37 bits per heavy atom. The predicted octanol–water partition coefficient (Wildman–Crippen LogP) is 0.911. The van der Waals surface area contributed by atoms with Crippen LogP contribution in [0.5, 0.6) is 0 Å². The monoisotopic (exact) mass is 259 g/mol. The fourth-order valence-electron chi connectivity index (χ4n) is 1.57. The molecule has 1 aromatic heterocycles. The first kappa shape index (κ1) is 12.9. The Hall–Kier alpha value is -2.57. The van der Waals surface area contributed by atoms with Crippen molar-refractivity contribution in [2.45, 2.75) is 20.8 Å². The number of hydrogen-bond donors (Lipinski definition) is 1. The van der Waals surface area contributed by atoms with Gasteiger partial charge in [0.1, 0.15) is 5.82 Å². The number of nitrogens with zero attached hydrogens (tertiary/aromatic N) is 4. The minimum Gasteiger partial charge on any atom is -0.311 e. The van der Waals surface area contributed by atoms with Crippen LogP contribution in [0.3, 0.4) is 0 Å². The van der Waals surface area contributed by atoms with Crippen LogP contribution in [-0.4, -0.2) is 33.3 Å². The molecule has 98 valence electrons. The minimum absolute atomic E-state index is 0.117. The lowest BCUT2D eigenvalue weighted by molar-refractivity contribution is -0.114. The van der Waals surface area contributed by atoms with Gasteiger partial charge in [0.15, 0.2) is 0 Å². The van der Waals surface area contributed by atoms with Gasteiger partial charge in [-0.25, -0.2) is 4.99 Å². The number of aryl methyl sites for hydroxylation is 1. The van der Waals surface area contributed by atoms with E-state index in [1.54, 1.807) is 19.9 Å². The maximum absolute atomic E-state index is 11.6. The lowest BCUT2D eigenvalue weighted by Gasteiger charge is -2.12. The number of aromatic nitrogens is 2. The second-order valence-electron chi connectivity index (χ2n) is 4.16. The first-order valence-electron chi connectivity index (χ1n) is 5.60. The Kier molecular flexibility index (Phi) is 3.12. The molecule has 0 fully saturated rings. The molecule has 7 nitrogen and oxygen atoms in total. The quantitative estimate of drug-likeness (QED) is 0.760. The van der Waals surface area contributed by atoms with Gasteiger partial charge in [0.2, 0.25) is 5.91 Å². The molecule has 2 rings (SSSR count). The summed E-state index contributed by atoms with van der Waals surface area (Å²) in [5, 5.41) is 6.77. The van der Waals surface area contributed by atoms with Gasteiger partial charge in [-0.1, -0.05) is 6.58 Å². The van der Waals surface area contributed by atoms with Crippen LogP contribution in [0.1, 0.15) is 19.5 Å². The molecule has 1 N–H and O–H groups in total. The topological polar surface area (TPSA) is 88.7 Å². The van der Waals surface area contributed by atoms with Crippen molar-refractivity contribution < 1.29 is 9.59 Å². The standard InChI is InChI=1S/C12H13N5O2/c1-6-5-10(14-9(4)18)17(16-6)12-13-8(3)7(2)11(19)15-12/h5H,2H2,1,3-4H3,(H,14,18). The van der Waals surface area contributed by atoms with Crippen molar-refractivity contribution in [1.82, 2.24) is 9.78 Å². The average Bonchev–Trinajstić information content (AvgIpc) is 2.65. The van der Waals surface area contributed by atoms with Crippen molar-refractivity contribution in [2.75, 3.05) is 5.32 Å². The number of rotatable bonds is 1. The molecule has 0 unspecified atom stereocenters. The van der Waals surface area contributed by atoms with Crippen LogP contribution >= 0.6 is 0 Å². The molecular formula is C12H13N5O2. The fourth-order valence-corrected chi connectivity index (χ4v) is 1.57. The summed E-state index contributed by atoms with van der Waals surface area (Å²) < 4.78 is 1.32. The zero-order valence-electron chi connectivity index (χ0n) is 10.9. The Balaban J connectivity index is 2.48. The molecule has 0 aliphatic carbocycles. The van der Waals surface area contributed by atoms with Gasteiger partial charge in [-0.15, -0.1) is 0 Å². The normalized spacial score (nSPS) is 15.1. The van der Waals surface area contributed by atoms with E-state index in [1.165, 1.54) is 11.6 Å². The van der Waals surface area contributed by atoms with Crippen molar-refractivity contribution in [1.29, 1.82) is 0 Å². The molecular weight excluding hydrogens is 246 g/mol. The zero-order chi connectivity index (χ0) is 14.2. The predicted molar refractivity (Wildman–Crippen MR) is 71.4 cm³/mol. The van der Waals surface area contributed by atoms with Crippen LogP contribution in [-0.2, 0) is 9.59 Å². The average molecular weight is 259 g/mol. The van der Waals surface area contributed by atoms with E-state index >= 15 is 0 Å². The van der Waals surface area contributed by atoms with E-state index in [2.05, 4.69) is 27.0 Å². The number of nitrogens with one attached hydrogen (secondary N) is 1. The van der Waals surface area contributed by atoms with Crippen LogP contribution in [0, 0.1) is 6.92 Å². The number of carbonyl (C=O) groups excluding carboxylic acids is 2. The second kappa shape index (κ2) is 4.60. The fraction of sp³-hybridized carbons (Fsp3) is 0.250. The molecule has 0 bridgehead atoms. The molecule has 0 atom stereocenters. The highest BCUT2D eigenvalue weighted by Gasteiger charge is 2.20. The summed E-state index contributed by atoms with van der Waals surface area (Å²) in [5.41, 5.74) is 1.42. The van der Waals surface area contributed by atoms with Crippen LogP contribution in [0.15, 0.2) is 28.2 Å². The third-order valence-electron chi connectivity index (χ3n) is 2.49. The third-order valence-corrected chi connectivity index (χ3v) is 2.49. The molecule has 1 aliphatic heterocycles. The van der Waals surface area contributed by atoms with Gasteiger partial charge in [0.05, 0.1) is 17.0 Å². The Morgan fingerprint density at radius 2 is 2.05 bits per heavy atom. The van der Waals surface area contributed by atoms with Gasteiger partial charge in [-0.2, -0.15) is 14.8 Å². The molecule has 0 aromatic carbocycles. The summed E-state index contributed by atoms with van der Waals surface area (Å²) in [6, 6.07) is 1.67. The lowest BCUT2D eigenvalue weighted by atomic mass is 10.2. The summed E-state index contributed by atoms with van der Waals surface area (Å²) in [6.07, 6.45) is 0. The molecule has 0 saturated heterocycles. The minimum atomic E-state index is -0.454. The van der Waals surface area contributed by atoms with E-state index in [4.69, 9.17) is 0 Å². The van der Waals surface area contributed by atoms with Crippen molar-refractivity contribution in [3.63, 3.8) is 0 Å². The third kappa shape index (κ3) is 2.49. The Bertz CT molecular complexity index is 651. The molecule has 2 amide bonds. The number of amides is 2. The van der Waals surface area contributed by atoms with Crippen molar-refractivity contribution in [3.8, 4) is 0 Å². The van der Waals surface area contributed by atoms with Gasteiger partial charge in [0.25, 0.3) is 11.9 Å². The highest BCUT2D eigenvalue weighted by atomic mass is 16.2. The van der Waals surface area contributed by atoms with Crippen LogP contribution in [0.25, 0.3) is 0 Å². The van der Waals surface area contributed by atoms with E-state index < -0.39 is 5.91 Å². The highest BCUT2D eigenvalue weighted by molar-refractivity contribution is 6.27. The molecule has 19 heavy (non-hydrogen) atoms. The van der Waals surface area contributed by atoms with Gasteiger partial charge in [-0.3, -0.25) is 9.59 Å². The summed E-state index contributed by atoms with van der Waals surface area (Å²) in [6.45, 7) is 8.42. The smallest absolute Gasteiger partial charge is 0.281 e. The molecule has 0 radical (unpaired) electrons. The molecule has 2 heterocycles. The van der Waals surface area contributed by atoms with Crippen molar-refractivity contribution >= 4 is 29.3 Å². The molecule has 1 aliphatic rings. The SMILES string of the molecule is C=C1C(=O)N=C(n2nc(C)cc2NC(C)=O)N=C1C. The maximum atomic E-state index is 11.6. The van der Waals surface area contributed by atoms with Crippen LogP contribution in [0.2, 0.25) is 0 Å². The van der Waals surface area contributed by atoms with Crippen LogP contribution in [0.4, 0.5) is 5.82 Å². The van der Waals surface area contributed by atoms with E-state index in [9.17, 15) is 9.59 Å². The van der Waals surface area contributed by atoms with Gasteiger partial charge in [-0.05, 0) is 13.8 Å². The Labute approximate surface area is 109 Å². The molecule has 0 saturated carbocycles. The molecule has 0 spiro atoms. The van der Waals surface area contributed by atoms with E-state index in [0.717, 1.165) is 0 Å². The van der Waals surface area contributed by atoms with E-state index in [1.807, 2.05) is 0 Å². The molecule has 1 aromatic rings. The lowest BCUT2D eigenvalue weighted by Crippen LogP contribution is -2.24. The number of hydrogen-bond acceptors (Lipinski definition) is 4. The number of aliphatic imine (C=N–C) groups is 2. The maximum Gasteiger partial charge on any atom is 0.281 e. The second-order valence-corrected chi connectivity index (χ2v) is 4.16. The zero-order valence-corrected chi connectivity index (χ0v) is 10.9. The van der Waals surface area contributed by atoms with E-state index in [0.29, 0.717) is 17.2 Å². The number of carbonyl (C=O) groups is 2. The van der Waals surface area contributed by atoms with Gasteiger partial charge in [0, 0.05) is 13.0 Å². The van der Waals surface area contributed by atoms with Gasteiger partial charge >= 0.3 is 0 Å². The Morgan fingerprint density at radius 3 is 2.63 bits per heavy atom. The summed E-state index contributed by atoms with van der Waals surface area (Å²) in [7, 11) is 0. The first-order chi connectivity index (χ1) is 8.88. The number of anilines is 1. The molecule has 7 heteroatoms. The van der Waals surface area contributed by atoms with E-state index in [-0.39, 0.29) is 17.4 Å². The highest BCUT2D eigenvalue weighted by Crippen LogP contribution is 2.14. The summed E-state index contributed by atoms with van der Waals surface area (Å²) in [4.78, 5) is 30.7. The first-order valence-corrected chi connectivity index (χ1v) is 5.60. The van der Waals surface area contributed by atoms with Crippen molar-refractivity contribution in [3.05, 3.63) is 23.9 Å².